The van der Waals surface area contributed by atoms with Gasteiger partial charge in [-0.1, -0.05) is 0 Å². The molecule has 0 radical (unpaired) electrons. The number of hydrogen-bond acceptors (Lipinski definition) is 4. The summed E-state index contributed by atoms with van der Waals surface area (Å²) in [5.74, 6) is 3.01. The Labute approximate surface area is 186 Å². The number of para-hydroxylation sites is 1. The standard InChI is InChI=1S/C23H29NO4SeSi/c1-18(29-23-13-9-8-12-21(23)24(26)27)20(14-15-30(2,3)4)22(25)17-28-16-19-10-6-5-7-11-19/h5-13,18,20,22,25H,16-17H2,1-4H3/t18-,20+,22+/m1/s1. The predicted molar refractivity (Wildman–Crippen MR) is 125 cm³/mol. The molecule has 2 aromatic carbocycles. The van der Waals surface area contributed by atoms with Crippen molar-refractivity contribution in [3.63, 3.8) is 0 Å². The van der Waals surface area contributed by atoms with Crippen molar-refractivity contribution in [2.45, 2.75) is 44.1 Å². The Morgan fingerprint density at radius 2 is 1.77 bits per heavy atom. The first kappa shape index (κ1) is 24.3. The summed E-state index contributed by atoms with van der Waals surface area (Å²) in [6.45, 7) is 9.10. The zero-order valence-electron chi connectivity index (χ0n) is 17.9. The van der Waals surface area contributed by atoms with E-state index in [9.17, 15) is 15.2 Å². The van der Waals surface area contributed by atoms with Crippen LogP contribution in [0.15, 0.2) is 54.6 Å². The molecule has 0 aliphatic carbocycles. The van der Waals surface area contributed by atoms with Gasteiger partial charge in [0.2, 0.25) is 0 Å². The van der Waals surface area contributed by atoms with Crippen molar-refractivity contribution in [1.29, 1.82) is 0 Å². The molecule has 3 atom stereocenters. The van der Waals surface area contributed by atoms with Gasteiger partial charge in [0, 0.05) is 0 Å². The van der Waals surface area contributed by atoms with Crippen LogP contribution in [0.25, 0.3) is 0 Å². The van der Waals surface area contributed by atoms with Crippen LogP contribution < -0.4 is 4.46 Å². The third kappa shape index (κ3) is 8.06. The van der Waals surface area contributed by atoms with Crippen molar-refractivity contribution in [3.8, 4) is 11.5 Å². The fourth-order valence-electron chi connectivity index (χ4n) is 2.78. The molecule has 30 heavy (non-hydrogen) atoms. The Kier molecular flexibility index (Phi) is 9.28. The topological polar surface area (TPSA) is 72.6 Å². The monoisotopic (exact) mass is 491 g/mol. The van der Waals surface area contributed by atoms with Gasteiger partial charge in [-0.05, 0) is 0 Å². The van der Waals surface area contributed by atoms with Gasteiger partial charge in [0.15, 0.2) is 0 Å². The van der Waals surface area contributed by atoms with Gasteiger partial charge in [0.1, 0.15) is 0 Å². The van der Waals surface area contributed by atoms with E-state index in [4.69, 9.17) is 4.74 Å². The van der Waals surface area contributed by atoms with Crippen LogP contribution >= 0.6 is 0 Å². The molecule has 0 saturated carbocycles. The van der Waals surface area contributed by atoms with Crippen molar-refractivity contribution in [1.82, 2.24) is 0 Å². The Bertz CT molecular complexity index is 889. The quantitative estimate of drug-likeness (QED) is 0.251. The van der Waals surface area contributed by atoms with Crippen molar-refractivity contribution < 1.29 is 14.8 Å². The summed E-state index contributed by atoms with van der Waals surface area (Å²) >= 11 is -0.205. The van der Waals surface area contributed by atoms with E-state index in [2.05, 4.69) is 31.1 Å². The Morgan fingerprint density at radius 1 is 1.13 bits per heavy atom. The molecule has 0 bridgehead atoms. The van der Waals surface area contributed by atoms with Crippen LogP contribution in [0.2, 0.25) is 24.5 Å². The molecule has 7 heteroatoms. The average molecular weight is 491 g/mol. The Balaban J connectivity index is 2.13. The van der Waals surface area contributed by atoms with E-state index in [1.807, 2.05) is 43.3 Å². The zero-order chi connectivity index (χ0) is 22.1. The third-order valence-corrected chi connectivity index (χ3v) is 7.86. The van der Waals surface area contributed by atoms with Gasteiger partial charge < -0.3 is 0 Å². The first-order chi connectivity index (χ1) is 14.2. The number of aliphatic hydroxyl groups is 1. The number of nitro groups is 1. The van der Waals surface area contributed by atoms with Crippen LogP contribution in [0.5, 0.6) is 0 Å². The van der Waals surface area contributed by atoms with Crippen molar-refractivity contribution in [2.75, 3.05) is 6.61 Å². The second-order valence-corrected chi connectivity index (χ2v) is 15.9. The second kappa shape index (κ2) is 11.4. The van der Waals surface area contributed by atoms with Crippen LogP contribution in [0, 0.1) is 27.5 Å². The number of ether oxygens (including phenoxy) is 1. The summed E-state index contributed by atoms with van der Waals surface area (Å²) in [5, 5.41) is 22.2. The molecular formula is C23H29NO4SeSi. The van der Waals surface area contributed by atoms with Gasteiger partial charge in [-0.3, -0.25) is 0 Å². The first-order valence-corrected chi connectivity index (χ1v) is 15.2. The minimum atomic E-state index is -1.63. The summed E-state index contributed by atoms with van der Waals surface area (Å²) in [7, 11) is -1.63. The molecule has 2 rings (SSSR count). The molecule has 0 saturated heterocycles. The maximum atomic E-state index is 11.4. The molecule has 2 aromatic rings. The van der Waals surface area contributed by atoms with Crippen molar-refractivity contribution in [3.05, 3.63) is 70.3 Å². The number of benzene rings is 2. The maximum absolute atomic E-state index is 11.4. The van der Waals surface area contributed by atoms with Crippen molar-refractivity contribution >= 4 is 33.2 Å². The predicted octanol–water partition coefficient (Wildman–Crippen LogP) is 3.81. The molecule has 0 unspecified atom stereocenters. The molecule has 0 heterocycles. The summed E-state index contributed by atoms with van der Waals surface area (Å²) in [5.41, 5.74) is 4.55. The Morgan fingerprint density at radius 3 is 2.40 bits per heavy atom. The summed E-state index contributed by atoms with van der Waals surface area (Å²) in [4.78, 5) is 11.0. The number of aliphatic hydroxyl groups excluding tert-OH is 1. The molecule has 0 aliphatic heterocycles. The SMILES string of the molecule is C[C@@H]([Se]c1ccccc1[N+](=O)[O-])[C@H](C#C[Si](C)(C)C)[C@@H](O)COCc1ccccc1. The number of nitrogens with zero attached hydrogens (tertiary/aromatic N) is 1. The summed E-state index contributed by atoms with van der Waals surface area (Å²) < 4.78 is 6.47. The fourth-order valence-corrected chi connectivity index (χ4v) is 5.94. The summed E-state index contributed by atoms with van der Waals surface area (Å²) in [6, 6.07) is 16.7. The third-order valence-electron chi connectivity index (χ3n) is 4.31. The minimum absolute atomic E-state index is 0.00206. The molecular weight excluding hydrogens is 461 g/mol. The van der Waals surface area contributed by atoms with Crippen LogP contribution in [0.1, 0.15) is 12.5 Å². The first-order valence-electron chi connectivity index (χ1n) is 9.90. The number of nitro benzene ring substituents is 1. The molecule has 1 N–H and O–H groups in total. The van der Waals surface area contributed by atoms with Gasteiger partial charge in [0.25, 0.3) is 0 Å². The molecule has 5 nitrogen and oxygen atoms in total. The van der Waals surface area contributed by atoms with Crippen molar-refractivity contribution in [2.24, 2.45) is 5.92 Å². The average Bonchev–Trinajstić information content (AvgIpc) is 2.68. The van der Waals surface area contributed by atoms with E-state index in [0.717, 1.165) is 10.0 Å². The number of hydrogen-bond donors (Lipinski definition) is 1. The summed E-state index contributed by atoms with van der Waals surface area (Å²) in [6.07, 6.45) is -0.753. The van der Waals surface area contributed by atoms with E-state index in [-0.39, 0.29) is 42.9 Å². The molecule has 0 amide bonds. The van der Waals surface area contributed by atoms with E-state index in [1.165, 1.54) is 6.07 Å². The van der Waals surface area contributed by atoms with Gasteiger partial charge >= 0.3 is 186 Å². The molecule has 160 valence electrons. The van der Waals surface area contributed by atoms with Crippen LogP contribution in [0.4, 0.5) is 5.69 Å². The van der Waals surface area contributed by atoms with Gasteiger partial charge in [-0.25, -0.2) is 0 Å². The van der Waals surface area contributed by atoms with Gasteiger partial charge in [0.05, 0.1) is 0 Å². The van der Waals surface area contributed by atoms with E-state index >= 15 is 0 Å². The van der Waals surface area contributed by atoms with E-state index < -0.39 is 14.2 Å². The normalized spacial score (nSPS) is 14.3. The molecule has 0 spiro atoms. The molecule has 0 fully saturated rings. The van der Waals surface area contributed by atoms with Crippen LogP contribution in [0.3, 0.4) is 0 Å². The van der Waals surface area contributed by atoms with E-state index in [0.29, 0.717) is 6.61 Å². The Hall–Kier alpha value is -1.94. The zero-order valence-corrected chi connectivity index (χ0v) is 20.6. The molecule has 0 aliphatic rings. The van der Waals surface area contributed by atoms with Crippen LogP contribution in [-0.2, 0) is 11.3 Å². The van der Waals surface area contributed by atoms with Gasteiger partial charge in [-0.2, -0.15) is 0 Å². The fraction of sp³-hybridized carbons (Fsp3) is 0.391. The van der Waals surface area contributed by atoms with E-state index in [1.54, 1.807) is 12.1 Å². The number of rotatable bonds is 9. The molecule has 0 aromatic heterocycles. The second-order valence-electron chi connectivity index (χ2n) is 8.16. The van der Waals surface area contributed by atoms with Gasteiger partial charge in [-0.15, -0.1) is 0 Å². The van der Waals surface area contributed by atoms with Crippen LogP contribution in [-0.4, -0.2) is 45.8 Å².